The molecular weight excluding hydrogens is 458 g/mol. The van der Waals surface area contributed by atoms with Gasteiger partial charge in [0.05, 0.1) is 18.8 Å². The summed E-state index contributed by atoms with van der Waals surface area (Å²) in [6, 6.07) is -0.524. The van der Waals surface area contributed by atoms with Crippen LogP contribution in [0.4, 0.5) is 0 Å². The first-order valence-corrected chi connectivity index (χ1v) is 16.7. The number of amides is 1. The van der Waals surface area contributed by atoms with Gasteiger partial charge in [0.25, 0.3) is 0 Å². The first-order chi connectivity index (χ1) is 18.2. The lowest BCUT2D eigenvalue weighted by molar-refractivity contribution is -0.123. The molecule has 0 aliphatic rings. The molecule has 0 aromatic carbocycles. The monoisotopic (exact) mass is 526 g/mol. The second kappa shape index (κ2) is 29.9. The molecule has 37 heavy (non-hydrogen) atoms. The third kappa shape index (κ3) is 26.8. The van der Waals surface area contributed by atoms with Gasteiger partial charge in [-0.2, -0.15) is 0 Å². The lowest BCUT2D eigenvalue weighted by Gasteiger charge is -2.22. The van der Waals surface area contributed by atoms with Gasteiger partial charge in [-0.3, -0.25) is 4.79 Å². The van der Waals surface area contributed by atoms with Gasteiger partial charge in [0.15, 0.2) is 0 Å². The normalized spacial score (nSPS) is 13.1. The highest BCUT2D eigenvalue weighted by molar-refractivity contribution is 5.76. The van der Waals surface area contributed by atoms with Crippen LogP contribution in [0.2, 0.25) is 0 Å². The van der Waals surface area contributed by atoms with E-state index in [1.807, 2.05) is 6.92 Å². The summed E-state index contributed by atoms with van der Waals surface area (Å²) in [5.74, 6) is -0.0832. The Morgan fingerprint density at radius 3 is 1.16 bits per heavy atom. The smallest absolute Gasteiger partial charge is 0.220 e. The zero-order valence-electron chi connectivity index (χ0n) is 25.3. The largest absolute Gasteiger partial charge is 0.394 e. The van der Waals surface area contributed by atoms with E-state index in [0.717, 1.165) is 19.3 Å². The van der Waals surface area contributed by atoms with E-state index in [1.54, 1.807) is 0 Å². The maximum absolute atomic E-state index is 11.7. The lowest BCUT2D eigenvalue weighted by Crippen LogP contribution is -2.45. The van der Waals surface area contributed by atoms with Gasteiger partial charge >= 0.3 is 0 Å². The van der Waals surface area contributed by atoms with Crippen LogP contribution in [0, 0.1) is 0 Å². The summed E-state index contributed by atoms with van der Waals surface area (Å²) in [6.07, 6.45) is 34.3. The highest BCUT2D eigenvalue weighted by atomic mass is 16.3. The number of hydrogen-bond donors (Lipinski definition) is 3. The molecule has 222 valence electrons. The minimum atomic E-state index is -0.648. The van der Waals surface area contributed by atoms with Crippen LogP contribution < -0.4 is 5.32 Å². The molecule has 0 spiro atoms. The van der Waals surface area contributed by atoms with Crippen molar-refractivity contribution in [3.8, 4) is 0 Å². The Bertz CT molecular complexity index is 457. The van der Waals surface area contributed by atoms with E-state index in [2.05, 4.69) is 12.2 Å². The van der Waals surface area contributed by atoms with Crippen molar-refractivity contribution in [3.63, 3.8) is 0 Å². The maximum atomic E-state index is 11.7. The first kappa shape index (κ1) is 36.4. The molecule has 0 rings (SSSR count). The molecule has 3 N–H and O–H groups in total. The predicted octanol–water partition coefficient (Wildman–Crippen LogP) is 9.40. The fourth-order valence-electron chi connectivity index (χ4n) is 5.29. The third-order valence-electron chi connectivity index (χ3n) is 7.84. The Morgan fingerprint density at radius 1 is 0.541 bits per heavy atom. The average molecular weight is 526 g/mol. The molecule has 4 nitrogen and oxygen atoms in total. The van der Waals surface area contributed by atoms with Crippen molar-refractivity contribution in [2.24, 2.45) is 0 Å². The van der Waals surface area contributed by atoms with Crippen molar-refractivity contribution in [2.75, 3.05) is 6.61 Å². The van der Waals surface area contributed by atoms with Crippen molar-refractivity contribution in [1.82, 2.24) is 5.32 Å². The van der Waals surface area contributed by atoms with Crippen LogP contribution >= 0.6 is 0 Å². The fourth-order valence-corrected chi connectivity index (χ4v) is 5.29. The number of rotatable bonds is 30. The minimum Gasteiger partial charge on any atom is -0.394 e. The number of carbonyl (C=O) groups is 1. The van der Waals surface area contributed by atoms with Crippen molar-refractivity contribution in [3.05, 3.63) is 0 Å². The van der Waals surface area contributed by atoms with Crippen molar-refractivity contribution < 1.29 is 15.0 Å². The van der Waals surface area contributed by atoms with Gasteiger partial charge in [0.1, 0.15) is 0 Å². The Hall–Kier alpha value is -0.610. The number of hydrogen-bond acceptors (Lipinski definition) is 3. The fraction of sp³-hybridized carbons (Fsp3) is 0.970. The number of aliphatic hydroxyl groups excluding tert-OH is 2. The molecule has 0 aromatic heterocycles. The van der Waals surface area contributed by atoms with Gasteiger partial charge in [-0.15, -0.1) is 0 Å². The van der Waals surface area contributed by atoms with E-state index >= 15 is 0 Å². The number of aliphatic hydroxyl groups is 2. The standard InChI is InChI=1S/C33H67NO3/c1-3-5-6-7-8-9-10-11-12-13-14-15-16-17-18-19-20-21-22-23-24-25-26-27-29-32(36)31(30-35)34-33(37)28-4-2/h31-32,35-36H,3-30H2,1-2H3,(H,34,37). The van der Waals surface area contributed by atoms with Crippen LogP contribution in [0.3, 0.4) is 0 Å². The Labute approximate surface area is 232 Å². The average Bonchev–Trinajstić information content (AvgIpc) is 2.89. The maximum Gasteiger partial charge on any atom is 0.220 e. The van der Waals surface area contributed by atoms with E-state index < -0.39 is 12.1 Å². The lowest BCUT2D eigenvalue weighted by atomic mass is 10.0. The quantitative estimate of drug-likeness (QED) is 0.0818. The summed E-state index contributed by atoms with van der Waals surface area (Å²) < 4.78 is 0. The second-order valence-electron chi connectivity index (χ2n) is 11.6. The molecule has 4 heteroatoms. The van der Waals surface area contributed by atoms with Crippen molar-refractivity contribution in [1.29, 1.82) is 0 Å². The van der Waals surface area contributed by atoms with E-state index in [-0.39, 0.29) is 12.5 Å². The van der Waals surface area contributed by atoms with Gasteiger partial charge in [-0.05, 0) is 12.8 Å². The second-order valence-corrected chi connectivity index (χ2v) is 11.6. The van der Waals surface area contributed by atoms with Crippen LogP contribution in [0.25, 0.3) is 0 Å². The van der Waals surface area contributed by atoms with Gasteiger partial charge in [0.2, 0.25) is 5.91 Å². The molecule has 0 radical (unpaired) electrons. The predicted molar refractivity (Wildman–Crippen MR) is 161 cm³/mol. The van der Waals surface area contributed by atoms with Crippen LogP contribution in [-0.4, -0.2) is 34.9 Å². The van der Waals surface area contributed by atoms with E-state index in [9.17, 15) is 15.0 Å². The van der Waals surface area contributed by atoms with Gasteiger partial charge in [0, 0.05) is 6.42 Å². The highest BCUT2D eigenvalue weighted by Crippen LogP contribution is 2.16. The topological polar surface area (TPSA) is 69.6 Å². The molecule has 0 aliphatic carbocycles. The van der Waals surface area contributed by atoms with Crippen LogP contribution in [0.5, 0.6) is 0 Å². The Morgan fingerprint density at radius 2 is 0.865 bits per heavy atom. The molecule has 0 aromatic rings. The van der Waals surface area contributed by atoms with Crippen LogP contribution in [0.1, 0.15) is 187 Å². The first-order valence-electron chi connectivity index (χ1n) is 16.7. The molecule has 0 saturated heterocycles. The Balaban J connectivity index is 3.26. The van der Waals surface area contributed by atoms with Crippen LogP contribution in [-0.2, 0) is 4.79 Å². The minimum absolute atomic E-state index is 0.0832. The summed E-state index contributed by atoms with van der Waals surface area (Å²) >= 11 is 0. The number of unbranched alkanes of at least 4 members (excludes halogenated alkanes) is 23. The molecule has 0 fully saturated rings. The Kier molecular flexibility index (Phi) is 29.4. The molecule has 0 aliphatic heterocycles. The zero-order valence-corrected chi connectivity index (χ0v) is 25.3. The molecule has 0 saturated carbocycles. The summed E-state index contributed by atoms with van der Waals surface area (Å²) in [6.45, 7) is 4.04. The molecular formula is C33H67NO3. The van der Waals surface area contributed by atoms with Crippen molar-refractivity contribution >= 4 is 5.91 Å². The van der Waals surface area contributed by atoms with E-state index in [4.69, 9.17) is 0 Å². The van der Waals surface area contributed by atoms with Crippen LogP contribution in [0.15, 0.2) is 0 Å². The zero-order chi connectivity index (χ0) is 27.2. The molecule has 0 heterocycles. The van der Waals surface area contributed by atoms with Gasteiger partial charge < -0.3 is 15.5 Å². The summed E-state index contributed by atoms with van der Waals surface area (Å²) in [4.78, 5) is 11.7. The number of nitrogens with one attached hydrogen (secondary N) is 1. The molecule has 0 bridgehead atoms. The number of carbonyl (C=O) groups excluding carboxylic acids is 1. The molecule has 1 amide bonds. The summed E-state index contributed by atoms with van der Waals surface area (Å²) in [7, 11) is 0. The highest BCUT2D eigenvalue weighted by Gasteiger charge is 2.19. The summed E-state index contributed by atoms with van der Waals surface area (Å²) in [5.41, 5.74) is 0. The summed E-state index contributed by atoms with van der Waals surface area (Å²) in [5, 5.41) is 22.4. The van der Waals surface area contributed by atoms with Crippen molar-refractivity contribution in [2.45, 2.75) is 199 Å². The van der Waals surface area contributed by atoms with E-state index in [1.165, 1.54) is 141 Å². The van der Waals surface area contributed by atoms with Gasteiger partial charge in [-0.1, -0.05) is 168 Å². The van der Waals surface area contributed by atoms with E-state index in [0.29, 0.717) is 12.8 Å². The molecule has 2 atom stereocenters. The SMILES string of the molecule is CCCCCCCCCCCCCCCCCCCCCCCCCCC(O)C(CO)NC(=O)CCC. The third-order valence-corrected chi connectivity index (χ3v) is 7.84. The molecule has 2 unspecified atom stereocenters. The van der Waals surface area contributed by atoms with Gasteiger partial charge in [-0.25, -0.2) is 0 Å².